The molecule has 0 bridgehead atoms. The number of nitrogens with zero attached hydrogens (tertiary/aromatic N) is 2. The molecule has 51 heavy (non-hydrogen) atoms. The van der Waals surface area contributed by atoms with Crippen LogP contribution < -0.4 is 0 Å². The van der Waals surface area contributed by atoms with E-state index >= 15 is 0 Å². The lowest BCUT2D eigenvalue weighted by atomic mass is 9.91. The first-order valence-electron chi connectivity index (χ1n) is 17.2. The Morgan fingerprint density at radius 1 is 0.314 bits per heavy atom. The quantitative estimate of drug-likeness (QED) is 0.169. The molecule has 240 valence electrons. The molecule has 7 aromatic carbocycles. The molecule has 3 heteroatoms. The number of thiophene rings is 1. The van der Waals surface area contributed by atoms with E-state index in [4.69, 9.17) is 9.97 Å². The number of aromatic nitrogens is 2. The predicted molar refractivity (Wildman–Crippen MR) is 215 cm³/mol. The summed E-state index contributed by atoms with van der Waals surface area (Å²) in [6, 6.07) is 68.4. The van der Waals surface area contributed by atoms with Crippen LogP contribution >= 0.6 is 11.3 Å². The highest BCUT2D eigenvalue weighted by Crippen LogP contribution is 2.51. The van der Waals surface area contributed by atoms with Crippen molar-refractivity contribution >= 4 is 22.1 Å². The molecular formula is C48H32N2S. The second-order valence-corrected chi connectivity index (χ2v) is 13.5. The fourth-order valence-electron chi connectivity index (χ4n) is 6.95. The number of hydrogen-bond donors (Lipinski definition) is 0. The van der Waals surface area contributed by atoms with Crippen LogP contribution in [0.1, 0.15) is 0 Å². The lowest BCUT2D eigenvalue weighted by molar-refractivity contribution is 1.18. The molecule has 0 aliphatic carbocycles. The summed E-state index contributed by atoms with van der Waals surface area (Å²) >= 11 is 1.85. The van der Waals surface area contributed by atoms with Gasteiger partial charge < -0.3 is 0 Å². The Morgan fingerprint density at radius 3 is 1.29 bits per heavy atom. The van der Waals surface area contributed by atoms with Gasteiger partial charge in [0.05, 0.1) is 11.4 Å². The average molecular weight is 669 g/mol. The maximum Gasteiger partial charge on any atom is 0.161 e. The Kier molecular flexibility index (Phi) is 8.09. The fraction of sp³-hybridized carbons (Fsp3) is 0. The third kappa shape index (κ3) is 5.84. The van der Waals surface area contributed by atoms with Crippen LogP contribution in [0, 0.1) is 0 Å². The Balaban J connectivity index is 1.34. The first-order valence-corrected chi connectivity index (χ1v) is 18.0. The third-order valence-electron chi connectivity index (χ3n) is 9.36. The van der Waals surface area contributed by atoms with Gasteiger partial charge in [0.25, 0.3) is 0 Å². The molecule has 0 N–H and O–H groups in total. The average Bonchev–Trinajstić information content (AvgIpc) is 3.61. The van der Waals surface area contributed by atoms with E-state index in [0.29, 0.717) is 5.82 Å². The zero-order chi connectivity index (χ0) is 34.0. The molecular weight excluding hydrogens is 637 g/mol. The van der Waals surface area contributed by atoms with Gasteiger partial charge in [-0.1, -0.05) is 188 Å². The van der Waals surface area contributed by atoms with Crippen LogP contribution in [0.15, 0.2) is 194 Å². The van der Waals surface area contributed by atoms with E-state index in [1.807, 2.05) is 23.5 Å². The van der Waals surface area contributed by atoms with Crippen molar-refractivity contribution in [3.63, 3.8) is 0 Å². The minimum atomic E-state index is 0.701. The van der Waals surface area contributed by atoms with E-state index in [1.54, 1.807) is 0 Å². The molecule has 0 spiro atoms. The van der Waals surface area contributed by atoms with Crippen molar-refractivity contribution in [3.8, 4) is 77.0 Å². The van der Waals surface area contributed by atoms with Gasteiger partial charge >= 0.3 is 0 Å². The van der Waals surface area contributed by atoms with E-state index in [9.17, 15) is 0 Å². The number of hydrogen-bond acceptors (Lipinski definition) is 3. The van der Waals surface area contributed by atoms with Gasteiger partial charge in [0.1, 0.15) is 0 Å². The minimum Gasteiger partial charge on any atom is -0.228 e. The van der Waals surface area contributed by atoms with E-state index in [0.717, 1.165) is 44.8 Å². The molecule has 2 heterocycles. The molecule has 9 aromatic rings. The number of benzene rings is 7. The summed E-state index contributed by atoms with van der Waals surface area (Å²) in [6.07, 6.45) is 0. The Hall–Kier alpha value is -6.42. The largest absolute Gasteiger partial charge is 0.228 e. The molecule has 2 aromatic heterocycles. The monoisotopic (exact) mass is 668 g/mol. The SMILES string of the molecule is c1ccc(-c2cc(-c3ccccc3)nc(-c3cccc(-c4ccccc4)c3-c3sc(-c4ccccc4-c4ccccc4)c4ccccc34)n2)cc1. The normalized spacial score (nSPS) is 11.1. The fourth-order valence-corrected chi connectivity index (χ4v) is 8.34. The summed E-state index contributed by atoms with van der Waals surface area (Å²) in [6.45, 7) is 0. The molecule has 0 amide bonds. The van der Waals surface area contributed by atoms with Crippen molar-refractivity contribution < 1.29 is 0 Å². The van der Waals surface area contributed by atoms with Gasteiger partial charge in [-0.3, -0.25) is 0 Å². The second-order valence-electron chi connectivity index (χ2n) is 12.5. The maximum atomic E-state index is 5.31. The third-order valence-corrected chi connectivity index (χ3v) is 10.6. The highest BCUT2D eigenvalue weighted by molar-refractivity contribution is 7.21. The molecule has 2 nitrogen and oxygen atoms in total. The zero-order valence-electron chi connectivity index (χ0n) is 27.8. The lowest BCUT2D eigenvalue weighted by Crippen LogP contribution is -1.98. The van der Waals surface area contributed by atoms with Gasteiger partial charge in [-0.25, -0.2) is 9.97 Å². The molecule has 0 unspecified atom stereocenters. The lowest BCUT2D eigenvalue weighted by Gasteiger charge is -2.16. The Morgan fingerprint density at radius 2 is 0.725 bits per heavy atom. The first kappa shape index (κ1) is 30.6. The Bertz CT molecular complexity index is 2550. The van der Waals surface area contributed by atoms with Gasteiger partial charge in [0, 0.05) is 48.3 Å². The van der Waals surface area contributed by atoms with E-state index in [2.05, 4.69) is 182 Å². The zero-order valence-corrected chi connectivity index (χ0v) is 28.6. The summed E-state index contributed by atoms with van der Waals surface area (Å²) in [4.78, 5) is 13.1. The van der Waals surface area contributed by atoms with Crippen LogP contribution in [0.2, 0.25) is 0 Å². The Labute approximate surface area is 302 Å². The molecule has 0 aliphatic rings. The van der Waals surface area contributed by atoms with E-state index in [-0.39, 0.29) is 0 Å². The van der Waals surface area contributed by atoms with Gasteiger partial charge in [-0.15, -0.1) is 11.3 Å². The van der Waals surface area contributed by atoms with Crippen LogP contribution in [0.3, 0.4) is 0 Å². The summed E-state index contributed by atoms with van der Waals surface area (Å²) in [7, 11) is 0. The number of rotatable bonds is 7. The molecule has 0 saturated carbocycles. The van der Waals surface area contributed by atoms with Crippen LogP contribution in [0.5, 0.6) is 0 Å². The van der Waals surface area contributed by atoms with Gasteiger partial charge in [0.2, 0.25) is 0 Å². The first-order chi connectivity index (χ1) is 25.3. The summed E-state index contributed by atoms with van der Waals surface area (Å²) in [5.74, 6) is 0.701. The van der Waals surface area contributed by atoms with Gasteiger partial charge in [-0.05, 0) is 28.3 Å². The van der Waals surface area contributed by atoms with Crippen molar-refractivity contribution in [2.75, 3.05) is 0 Å². The predicted octanol–water partition coefficient (Wildman–Crippen LogP) is 13.4. The molecule has 0 fully saturated rings. The molecule has 0 radical (unpaired) electrons. The van der Waals surface area contributed by atoms with Crippen LogP contribution in [0.4, 0.5) is 0 Å². The van der Waals surface area contributed by atoms with Crippen molar-refractivity contribution in [3.05, 3.63) is 194 Å². The topological polar surface area (TPSA) is 25.8 Å². The molecule has 0 saturated heterocycles. The highest BCUT2D eigenvalue weighted by atomic mass is 32.1. The van der Waals surface area contributed by atoms with E-state index in [1.165, 1.54) is 37.2 Å². The van der Waals surface area contributed by atoms with Crippen LogP contribution in [0.25, 0.3) is 87.8 Å². The standard InChI is InChI=1S/C48H32N2S/c1-5-18-33(19-6-1)37-26-13-14-27-39(37)46-40-28-15-16-29-41(40)47(51-46)45-38(34-20-7-2-8-21-34)30-17-31-42(45)48-49-43(35-22-9-3-10-23-35)32-44(50-48)36-24-11-4-12-25-36/h1-32H. The van der Waals surface area contributed by atoms with Gasteiger partial charge in [-0.2, -0.15) is 0 Å². The summed E-state index contributed by atoms with van der Waals surface area (Å²) in [5.41, 5.74) is 12.0. The number of fused-ring (bicyclic) bond motifs is 1. The van der Waals surface area contributed by atoms with Crippen molar-refractivity contribution in [2.24, 2.45) is 0 Å². The second kappa shape index (κ2) is 13.5. The van der Waals surface area contributed by atoms with E-state index < -0.39 is 0 Å². The van der Waals surface area contributed by atoms with Crippen molar-refractivity contribution in [2.45, 2.75) is 0 Å². The summed E-state index contributed by atoms with van der Waals surface area (Å²) < 4.78 is 0. The molecule has 0 aliphatic heterocycles. The smallest absolute Gasteiger partial charge is 0.161 e. The van der Waals surface area contributed by atoms with Gasteiger partial charge in [0.15, 0.2) is 5.82 Å². The summed E-state index contributed by atoms with van der Waals surface area (Å²) in [5, 5.41) is 2.45. The van der Waals surface area contributed by atoms with Crippen molar-refractivity contribution in [1.82, 2.24) is 9.97 Å². The van der Waals surface area contributed by atoms with Crippen LogP contribution in [-0.2, 0) is 0 Å². The van der Waals surface area contributed by atoms with Crippen LogP contribution in [-0.4, -0.2) is 9.97 Å². The molecule has 9 rings (SSSR count). The highest BCUT2D eigenvalue weighted by Gasteiger charge is 2.23. The minimum absolute atomic E-state index is 0.701. The molecule has 0 atom stereocenters. The van der Waals surface area contributed by atoms with Crippen molar-refractivity contribution in [1.29, 1.82) is 0 Å². The maximum absolute atomic E-state index is 5.31.